The van der Waals surface area contributed by atoms with Gasteiger partial charge in [-0.05, 0) is 26.0 Å². The first-order chi connectivity index (χ1) is 13.9. The highest BCUT2D eigenvalue weighted by Gasteiger charge is 2.30. The summed E-state index contributed by atoms with van der Waals surface area (Å²) >= 11 is 6.17. The number of aromatic nitrogens is 2. The fourth-order valence-corrected chi connectivity index (χ4v) is 3.75. The largest absolute Gasteiger partial charge is 0.360 e. The van der Waals surface area contributed by atoms with Gasteiger partial charge in [0, 0.05) is 32.2 Å². The van der Waals surface area contributed by atoms with E-state index in [0.29, 0.717) is 38.5 Å². The fraction of sp³-hybridized carbons (Fsp3) is 0.350. The predicted molar refractivity (Wildman–Crippen MR) is 104 cm³/mol. The standard InChI is InChI=1S/C20H20ClFN4O3/c1-12-10-14(29-23-12)11-25-6-8-26(9-7-25)20(27)17-13(2)28-24-19(17)18-15(21)4-3-5-16(18)22/h3-5,10H,6-9,11H2,1-2H3. The van der Waals surface area contributed by atoms with Crippen LogP contribution in [0.5, 0.6) is 0 Å². The number of carbonyl (C=O) groups excluding carboxylic acids is 1. The number of hydrogen-bond acceptors (Lipinski definition) is 6. The molecule has 1 aliphatic heterocycles. The van der Waals surface area contributed by atoms with Gasteiger partial charge in [0.1, 0.15) is 22.8 Å². The van der Waals surface area contributed by atoms with E-state index in [9.17, 15) is 9.18 Å². The number of piperazine rings is 1. The van der Waals surface area contributed by atoms with Gasteiger partial charge in [0.05, 0.1) is 22.8 Å². The molecule has 4 rings (SSSR count). The van der Waals surface area contributed by atoms with E-state index >= 15 is 0 Å². The molecule has 1 aromatic carbocycles. The molecular formula is C20H20ClFN4O3. The maximum absolute atomic E-state index is 14.4. The zero-order valence-corrected chi connectivity index (χ0v) is 16.9. The molecule has 0 spiro atoms. The molecule has 1 aliphatic rings. The Balaban J connectivity index is 1.51. The summed E-state index contributed by atoms with van der Waals surface area (Å²) in [5.74, 6) is 0.345. The van der Waals surface area contributed by atoms with Crippen molar-refractivity contribution in [1.82, 2.24) is 20.1 Å². The Morgan fingerprint density at radius 3 is 2.59 bits per heavy atom. The molecule has 0 N–H and O–H groups in total. The molecule has 7 nitrogen and oxygen atoms in total. The van der Waals surface area contributed by atoms with Crippen molar-refractivity contribution in [2.24, 2.45) is 0 Å². The molecule has 1 saturated heterocycles. The van der Waals surface area contributed by atoms with Crippen LogP contribution in [0.1, 0.15) is 27.6 Å². The van der Waals surface area contributed by atoms with E-state index in [2.05, 4.69) is 15.2 Å². The Kier molecular flexibility index (Phi) is 5.38. The Labute approximate surface area is 172 Å². The van der Waals surface area contributed by atoms with Gasteiger partial charge in [0.2, 0.25) is 0 Å². The third-order valence-corrected chi connectivity index (χ3v) is 5.31. The van der Waals surface area contributed by atoms with Crippen molar-refractivity contribution < 1.29 is 18.2 Å². The van der Waals surface area contributed by atoms with Crippen LogP contribution in [-0.2, 0) is 6.54 Å². The van der Waals surface area contributed by atoms with Crippen LogP contribution in [0.3, 0.4) is 0 Å². The SMILES string of the molecule is Cc1cc(CN2CCN(C(=O)c3c(-c4c(F)cccc4Cl)noc3C)CC2)on1. The molecule has 0 unspecified atom stereocenters. The molecule has 0 atom stereocenters. The van der Waals surface area contributed by atoms with Crippen LogP contribution in [0.2, 0.25) is 5.02 Å². The van der Waals surface area contributed by atoms with Crippen molar-refractivity contribution in [2.45, 2.75) is 20.4 Å². The molecule has 1 amide bonds. The number of nitrogens with zero attached hydrogens (tertiary/aromatic N) is 4. The quantitative estimate of drug-likeness (QED) is 0.643. The minimum Gasteiger partial charge on any atom is -0.360 e. The summed E-state index contributed by atoms with van der Waals surface area (Å²) in [4.78, 5) is 17.1. The van der Waals surface area contributed by atoms with Crippen LogP contribution < -0.4 is 0 Å². The molecule has 152 valence electrons. The summed E-state index contributed by atoms with van der Waals surface area (Å²) in [6.07, 6.45) is 0. The lowest BCUT2D eigenvalue weighted by Crippen LogP contribution is -2.48. The molecule has 3 aromatic rings. The number of carbonyl (C=O) groups is 1. The lowest BCUT2D eigenvalue weighted by molar-refractivity contribution is 0.0616. The van der Waals surface area contributed by atoms with Crippen LogP contribution in [0, 0.1) is 19.7 Å². The van der Waals surface area contributed by atoms with Crippen molar-refractivity contribution in [3.8, 4) is 11.3 Å². The smallest absolute Gasteiger partial charge is 0.259 e. The summed E-state index contributed by atoms with van der Waals surface area (Å²) in [7, 11) is 0. The first kappa shape index (κ1) is 19.6. The highest BCUT2D eigenvalue weighted by atomic mass is 35.5. The van der Waals surface area contributed by atoms with Crippen LogP contribution in [0.25, 0.3) is 11.3 Å². The molecule has 0 saturated carbocycles. The van der Waals surface area contributed by atoms with Crippen LogP contribution >= 0.6 is 11.6 Å². The van der Waals surface area contributed by atoms with Crippen molar-refractivity contribution in [3.63, 3.8) is 0 Å². The maximum atomic E-state index is 14.4. The van der Waals surface area contributed by atoms with Gasteiger partial charge >= 0.3 is 0 Å². The molecule has 0 radical (unpaired) electrons. The van der Waals surface area contributed by atoms with Crippen LogP contribution in [-0.4, -0.2) is 52.2 Å². The van der Waals surface area contributed by atoms with Gasteiger partial charge in [-0.2, -0.15) is 0 Å². The Morgan fingerprint density at radius 1 is 1.17 bits per heavy atom. The molecule has 2 aromatic heterocycles. The first-order valence-corrected chi connectivity index (χ1v) is 9.66. The maximum Gasteiger partial charge on any atom is 0.259 e. The first-order valence-electron chi connectivity index (χ1n) is 9.28. The second-order valence-electron chi connectivity index (χ2n) is 7.06. The van der Waals surface area contributed by atoms with Gasteiger partial charge in [-0.3, -0.25) is 9.69 Å². The van der Waals surface area contributed by atoms with Gasteiger partial charge in [-0.25, -0.2) is 4.39 Å². The molecule has 9 heteroatoms. The summed E-state index contributed by atoms with van der Waals surface area (Å²) in [6, 6.07) is 6.25. The van der Waals surface area contributed by atoms with E-state index < -0.39 is 5.82 Å². The van der Waals surface area contributed by atoms with E-state index in [4.69, 9.17) is 20.6 Å². The topological polar surface area (TPSA) is 75.6 Å². The van der Waals surface area contributed by atoms with E-state index in [1.54, 1.807) is 17.9 Å². The third-order valence-electron chi connectivity index (χ3n) is 4.99. The summed E-state index contributed by atoms with van der Waals surface area (Å²) in [6.45, 7) is 6.59. The zero-order valence-electron chi connectivity index (χ0n) is 16.1. The monoisotopic (exact) mass is 418 g/mol. The lowest BCUT2D eigenvalue weighted by atomic mass is 10.0. The van der Waals surface area contributed by atoms with Gasteiger partial charge in [0.15, 0.2) is 5.76 Å². The second-order valence-corrected chi connectivity index (χ2v) is 7.47. The predicted octanol–water partition coefficient (Wildman–Crippen LogP) is 3.70. The molecular weight excluding hydrogens is 399 g/mol. The summed E-state index contributed by atoms with van der Waals surface area (Å²) in [5, 5.41) is 8.00. The van der Waals surface area contributed by atoms with Gasteiger partial charge in [-0.15, -0.1) is 0 Å². The van der Waals surface area contributed by atoms with E-state index in [1.165, 1.54) is 12.1 Å². The van der Waals surface area contributed by atoms with Crippen molar-refractivity contribution in [2.75, 3.05) is 26.2 Å². The minimum atomic E-state index is -0.549. The third kappa shape index (κ3) is 3.90. The highest BCUT2D eigenvalue weighted by Crippen LogP contribution is 2.34. The van der Waals surface area contributed by atoms with Crippen molar-refractivity contribution in [1.29, 1.82) is 0 Å². The van der Waals surface area contributed by atoms with Crippen LogP contribution in [0.4, 0.5) is 4.39 Å². The minimum absolute atomic E-state index is 0.0775. The molecule has 29 heavy (non-hydrogen) atoms. The molecule has 1 fully saturated rings. The Morgan fingerprint density at radius 2 is 1.93 bits per heavy atom. The average molecular weight is 419 g/mol. The van der Waals surface area contributed by atoms with Crippen molar-refractivity contribution >= 4 is 17.5 Å². The normalized spacial score (nSPS) is 15.1. The number of aryl methyl sites for hydroxylation is 2. The van der Waals surface area contributed by atoms with E-state index in [1.807, 2.05) is 13.0 Å². The number of amides is 1. The number of rotatable bonds is 4. The summed E-state index contributed by atoms with van der Waals surface area (Å²) in [5.41, 5.74) is 1.30. The number of halogens is 2. The average Bonchev–Trinajstić information content (AvgIpc) is 3.27. The summed E-state index contributed by atoms with van der Waals surface area (Å²) < 4.78 is 24.9. The highest BCUT2D eigenvalue weighted by molar-refractivity contribution is 6.33. The molecule has 3 heterocycles. The van der Waals surface area contributed by atoms with Crippen molar-refractivity contribution in [3.05, 3.63) is 57.9 Å². The Hall–Kier alpha value is -2.71. The van der Waals surface area contributed by atoms with Gasteiger partial charge in [-0.1, -0.05) is 28.0 Å². The second kappa shape index (κ2) is 7.96. The van der Waals surface area contributed by atoms with Gasteiger partial charge < -0.3 is 13.9 Å². The zero-order chi connectivity index (χ0) is 20.5. The van der Waals surface area contributed by atoms with Gasteiger partial charge in [0.25, 0.3) is 5.91 Å². The molecule has 0 aliphatic carbocycles. The lowest BCUT2D eigenvalue weighted by Gasteiger charge is -2.34. The van der Waals surface area contributed by atoms with E-state index in [-0.39, 0.29) is 27.8 Å². The molecule has 0 bridgehead atoms. The van der Waals surface area contributed by atoms with E-state index in [0.717, 1.165) is 11.5 Å². The fourth-order valence-electron chi connectivity index (χ4n) is 3.50. The Bertz CT molecular complexity index is 1020. The number of benzene rings is 1. The van der Waals surface area contributed by atoms with Crippen LogP contribution in [0.15, 0.2) is 33.3 Å². The number of hydrogen-bond donors (Lipinski definition) is 0.